The minimum absolute atomic E-state index is 0.179. The van der Waals surface area contributed by atoms with Crippen molar-refractivity contribution in [3.05, 3.63) is 48.0 Å². The van der Waals surface area contributed by atoms with Crippen LogP contribution in [0.5, 0.6) is 17.2 Å². The minimum atomic E-state index is 0.179. The number of hydrogen-bond acceptors (Lipinski definition) is 6. The summed E-state index contributed by atoms with van der Waals surface area (Å²) in [6, 6.07) is 14.2. The van der Waals surface area contributed by atoms with Crippen LogP contribution in [0.2, 0.25) is 0 Å². The van der Waals surface area contributed by atoms with Crippen molar-refractivity contribution in [1.82, 2.24) is 10.2 Å². The number of rotatable bonds is 9. The molecule has 1 saturated heterocycles. The van der Waals surface area contributed by atoms with E-state index in [4.69, 9.17) is 18.9 Å². The Bertz CT molecular complexity index is 867. The van der Waals surface area contributed by atoms with E-state index in [-0.39, 0.29) is 6.04 Å². The first-order valence-corrected chi connectivity index (χ1v) is 10.9. The van der Waals surface area contributed by atoms with E-state index in [9.17, 15) is 0 Å². The van der Waals surface area contributed by atoms with E-state index >= 15 is 0 Å². The second-order valence-electron chi connectivity index (χ2n) is 7.31. The first-order chi connectivity index (χ1) is 15.7. The van der Waals surface area contributed by atoms with Crippen LogP contribution >= 0.6 is 0 Å². The van der Waals surface area contributed by atoms with Gasteiger partial charge in [-0.25, -0.2) is 0 Å². The van der Waals surface area contributed by atoms with Gasteiger partial charge in [0.15, 0.2) is 17.5 Å². The van der Waals surface area contributed by atoms with Gasteiger partial charge in [-0.15, -0.1) is 0 Å². The van der Waals surface area contributed by atoms with E-state index in [1.54, 1.807) is 21.3 Å². The molecular weight excluding hydrogens is 408 g/mol. The summed E-state index contributed by atoms with van der Waals surface area (Å²) in [5.41, 5.74) is 2.09. The number of hydrogen-bond donors (Lipinski definition) is 2. The topological polar surface area (TPSA) is 76.6 Å². The molecule has 8 nitrogen and oxygen atoms in total. The first kappa shape index (κ1) is 23.7. The smallest absolute Gasteiger partial charge is 0.195 e. The van der Waals surface area contributed by atoms with E-state index in [0.29, 0.717) is 30.6 Å². The molecule has 0 radical (unpaired) electrons. The fraction of sp³-hybridized carbons (Fsp3) is 0.458. The lowest BCUT2D eigenvalue weighted by Gasteiger charge is -2.35. The Morgan fingerprint density at radius 3 is 2.44 bits per heavy atom. The third-order valence-corrected chi connectivity index (χ3v) is 5.40. The molecule has 1 unspecified atom stereocenters. The van der Waals surface area contributed by atoms with Gasteiger partial charge in [-0.05, 0) is 36.8 Å². The fourth-order valence-electron chi connectivity index (χ4n) is 3.70. The van der Waals surface area contributed by atoms with Gasteiger partial charge in [0.25, 0.3) is 0 Å². The fourth-order valence-corrected chi connectivity index (χ4v) is 3.70. The Balaban J connectivity index is 1.71. The molecule has 1 heterocycles. The zero-order chi connectivity index (χ0) is 22.8. The quantitative estimate of drug-likeness (QED) is 0.456. The number of morpholine rings is 1. The van der Waals surface area contributed by atoms with Crippen LogP contribution in [0.3, 0.4) is 0 Å². The maximum atomic E-state index is 5.68. The molecule has 1 aliphatic rings. The SMILES string of the molecule is CCOc1cc(NC(=NC)NCC(c2ccc(OC)cc2)N2CCOCC2)ccc1OC. The van der Waals surface area contributed by atoms with Crippen molar-refractivity contribution in [2.24, 2.45) is 4.99 Å². The Kier molecular flexibility index (Phi) is 9.01. The third kappa shape index (κ3) is 6.27. The van der Waals surface area contributed by atoms with Crippen LogP contribution in [0, 0.1) is 0 Å². The number of aliphatic imine (C=N–C) groups is 1. The predicted molar refractivity (Wildman–Crippen MR) is 127 cm³/mol. The van der Waals surface area contributed by atoms with Crippen molar-refractivity contribution in [3.63, 3.8) is 0 Å². The van der Waals surface area contributed by atoms with Gasteiger partial charge in [0, 0.05) is 38.4 Å². The Hall–Kier alpha value is -2.97. The third-order valence-electron chi connectivity index (χ3n) is 5.40. The molecule has 0 saturated carbocycles. The molecule has 0 amide bonds. The second kappa shape index (κ2) is 12.2. The van der Waals surface area contributed by atoms with Crippen molar-refractivity contribution in [1.29, 1.82) is 0 Å². The van der Waals surface area contributed by atoms with Crippen LogP contribution in [0.1, 0.15) is 18.5 Å². The molecule has 174 valence electrons. The van der Waals surface area contributed by atoms with Gasteiger partial charge in [-0.2, -0.15) is 0 Å². The largest absolute Gasteiger partial charge is 0.497 e. The molecule has 0 spiro atoms. The van der Waals surface area contributed by atoms with Gasteiger partial charge in [0.05, 0.1) is 40.1 Å². The molecule has 2 aromatic carbocycles. The van der Waals surface area contributed by atoms with E-state index < -0.39 is 0 Å². The average Bonchev–Trinajstić information content (AvgIpc) is 2.85. The monoisotopic (exact) mass is 442 g/mol. The van der Waals surface area contributed by atoms with Crippen molar-refractivity contribution >= 4 is 11.6 Å². The zero-order valence-corrected chi connectivity index (χ0v) is 19.4. The van der Waals surface area contributed by atoms with Crippen molar-refractivity contribution in [2.45, 2.75) is 13.0 Å². The molecule has 8 heteroatoms. The lowest BCUT2D eigenvalue weighted by atomic mass is 10.0. The highest BCUT2D eigenvalue weighted by Crippen LogP contribution is 2.30. The molecule has 32 heavy (non-hydrogen) atoms. The number of guanidine groups is 1. The summed E-state index contributed by atoms with van der Waals surface area (Å²) in [6.45, 7) is 6.47. The highest BCUT2D eigenvalue weighted by atomic mass is 16.5. The Morgan fingerprint density at radius 1 is 1.06 bits per heavy atom. The van der Waals surface area contributed by atoms with Gasteiger partial charge >= 0.3 is 0 Å². The standard InChI is InChI=1S/C24H34N4O4/c1-5-32-23-16-19(8-11-22(23)30-4)27-24(25-2)26-17-21(28-12-14-31-15-13-28)18-6-9-20(29-3)10-7-18/h6-11,16,21H,5,12-15,17H2,1-4H3,(H2,25,26,27). The molecule has 0 aromatic heterocycles. The lowest BCUT2D eigenvalue weighted by molar-refractivity contribution is 0.0170. The number of methoxy groups -OCH3 is 2. The molecular formula is C24H34N4O4. The summed E-state index contributed by atoms with van der Waals surface area (Å²) in [7, 11) is 5.08. The number of benzene rings is 2. The van der Waals surface area contributed by atoms with E-state index in [0.717, 1.165) is 37.7 Å². The summed E-state index contributed by atoms with van der Waals surface area (Å²) >= 11 is 0. The van der Waals surface area contributed by atoms with Crippen LogP contribution in [0.15, 0.2) is 47.5 Å². The van der Waals surface area contributed by atoms with Crippen molar-refractivity contribution in [2.75, 3.05) is 66.0 Å². The zero-order valence-electron chi connectivity index (χ0n) is 19.4. The molecule has 3 rings (SSSR count). The average molecular weight is 443 g/mol. The van der Waals surface area contributed by atoms with Crippen LogP contribution in [-0.4, -0.2) is 71.6 Å². The molecule has 1 aliphatic heterocycles. The van der Waals surface area contributed by atoms with Gasteiger partial charge < -0.3 is 29.6 Å². The maximum absolute atomic E-state index is 5.68. The normalized spacial score (nSPS) is 15.7. The van der Waals surface area contributed by atoms with Gasteiger partial charge in [-0.1, -0.05) is 12.1 Å². The van der Waals surface area contributed by atoms with Crippen molar-refractivity contribution in [3.8, 4) is 17.2 Å². The van der Waals surface area contributed by atoms with E-state index in [1.165, 1.54) is 5.56 Å². The number of nitrogens with one attached hydrogen (secondary N) is 2. The molecule has 1 fully saturated rings. The molecule has 2 aromatic rings. The van der Waals surface area contributed by atoms with Gasteiger partial charge in [-0.3, -0.25) is 9.89 Å². The van der Waals surface area contributed by atoms with E-state index in [2.05, 4.69) is 32.7 Å². The summed E-state index contributed by atoms with van der Waals surface area (Å²) in [6.07, 6.45) is 0. The number of nitrogens with zero attached hydrogens (tertiary/aromatic N) is 2. The predicted octanol–water partition coefficient (Wildman–Crippen LogP) is 3.16. The summed E-state index contributed by atoms with van der Waals surface area (Å²) in [5, 5.41) is 6.82. The maximum Gasteiger partial charge on any atom is 0.195 e. The minimum Gasteiger partial charge on any atom is -0.497 e. The van der Waals surface area contributed by atoms with E-state index in [1.807, 2.05) is 37.3 Å². The van der Waals surface area contributed by atoms with Crippen LogP contribution in [0.25, 0.3) is 0 Å². The summed E-state index contributed by atoms with van der Waals surface area (Å²) in [4.78, 5) is 6.84. The number of anilines is 1. The van der Waals surface area contributed by atoms with Gasteiger partial charge in [0.2, 0.25) is 0 Å². The van der Waals surface area contributed by atoms with Crippen LogP contribution < -0.4 is 24.8 Å². The molecule has 0 bridgehead atoms. The van der Waals surface area contributed by atoms with Crippen molar-refractivity contribution < 1.29 is 18.9 Å². The van der Waals surface area contributed by atoms with Crippen LogP contribution in [0.4, 0.5) is 5.69 Å². The lowest BCUT2D eigenvalue weighted by Crippen LogP contribution is -2.44. The highest BCUT2D eigenvalue weighted by Gasteiger charge is 2.23. The number of ether oxygens (including phenoxy) is 4. The summed E-state index contributed by atoms with van der Waals surface area (Å²) < 4.78 is 21.9. The Morgan fingerprint density at radius 2 is 1.81 bits per heavy atom. The second-order valence-corrected chi connectivity index (χ2v) is 7.31. The Labute approximate surface area is 190 Å². The molecule has 0 aliphatic carbocycles. The van der Waals surface area contributed by atoms with Gasteiger partial charge in [0.1, 0.15) is 5.75 Å². The molecule has 1 atom stereocenters. The molecule has 2 N–H and O–H groups in total. The van der Waals surface area contributed by atoms with Crippen LogP contribution in [-0.2, 0) is 4.74 Å². The first-order valence-electron chi connectivity index (χ1n) is 10.9. The summed E-state index contributed by atoms with van der Waals surface area (Å²) in [5.74, 6) is 2.93. The highest BCUT2D eigenvalue weighted by molar-refractivity contribution is 5.93.